The summed E-state index contributed by atoms with van der Waals surface area (Å²) in [4.78, 5) is 15.6. The summed E-state index contributed by atoms with van der Waals surface area (Å²) in [5.74, 6) is 0.102. The van der Waals surface area contributed by atoms with E-state index in [1.54, 1.807) is 0 Å². The standard InChI is InChI=1S/C27H29NO/c1-19-9-11-21(12-10-19)25-24-8-6-5-7-20(24)17-18-28(25)26(29)22-13-15-23(16-14-22)27(2,3)4/h5-16,25H,17-18H2,1-4H3/t25-/m1/s1. The molecule has 3 aromatic rings. The summed E-state index contributed by atoms with van der Waals surface area (Å²) >= 11 is 0. The van der Waals surface area contributed by atoms with Gasteiger partial charge in [-0.15, -0.1) is 0 Å². The third-order valence-corrected chi connectivity index (χ3v) is 5.94. The molecule has 3 aromatic carbocycles. The average Bonchev–Trinajstić information content (AvgIpc) is 2.72. The maximum absolute atomic E-state index is 13.5. The van der Waals surface area contributed by atoms with E-state index in [9.17, 15) is 4.79 Å². The van der Waals surface area contributed by atoms with E-state index < -0.39 is 0 Å². The minimum absolute atomic E-state index is 0.0460. The molecule has 1 heterocycles. The van der Waals surface area contributed by atoms with E-state index >= 15 is 0 Å². The second-order valence-corrected chi connectivity index (χ2v) is 9.09. The first-order chi connectivity index (χ1) is 13.8. The Balaban J connectivity index is 1.73. The Morgan fingerprint density at radius 3 is 2.21 bits per heavy atom. The third-order valence-electron chi connectivity index (χ3n) is 5.94. The van der Waals surface area contributed by atoms with Gasteiger partial charge in [0.1, 0.15) is 0 Å². The lowest BCUT2D eigenvalue weighted by Crippen LogP contribution is -2.40. The molecule has 4 rings (SSSR count). The molecule has 2 nitrogen and oxygen atoms in total. The zero-order valence-electron chi connectivity index (χ0n) is 17.8. The van der Waals surface area contributed by atoms with Crippen LogP contribution in [0, 0.1) is 6.92 Å². The van der Waals surface area contributed by atoms with Gasteiger partial charge in [0.15, 0.2) is 0 Å². The van der Waals surface area contributed by atoms with Crippen molar-refractivity contribution in [2.75, 3.05) is 6.54 Å². The van der Waals surface area contributed by atoms with E-state index in [1.807, 2.05) is 17.0 Å². The molecule has 1 aliphatic rings. The highest BCUT2D eigenvalue weighted by molar-refractivity contribution is 5.95. The Morgan fingerprint density at radius 2 is 1.55 bits per heavy atom. The largest absolute Gasteiger partial charge is 0.327 e. The number of amides is 1. The molecule has 1 aliphatic heterocycles. The van der Waals surface area contributed by atoms with E-state index in [0.29, 0.717) is 0 Å². The molecule has 0 bridgehead atoms. The van der Waals surface area contributed by atoms with Gasteiger partial charge in [-0.2, -0.15) is 0 Å². The van der Waals surface area contributed by atoms with E-state index in [-0.39, 0.29) is 17.4 Å². The summed E-state index contributed by atoms with van der Waals surface area (Å²) in [6.07, 6.45) is 0.893. The second kappa shape index (κ2) is 7.51. The van der Waals surface area contributed by atoms with E-state index in [1.165, 1.54) is 27.8 Å². The number of carbonyl (C=O) groups is 1. The zero-order chi connectivity index (χ0) is 20.6. The predicted octanol–water partition coefficient (Wildman–Crippen LogP) is 6.08. The van der Waals surface area contributed by atoms with Gasteiger partial charge < -0.3 is 4.90 Å². The number of aryl methyl sites for hydroxylation is 1. The van der Waals surface area contributed by atoms with Crippen molar-refractivity contribution in [1.29, 1.82) is 0 Å². The summed E-state index contributed by atoms with van der Waals surface area (Å²) in [6.45, 7) is 9.41. The highest BCUT2D eigenvalue weighted by atomic mass is 16.2. The molecule has 0 aromatic heterocycles. The lowest BCUT2D eigenvalue weighted by atomic mass is 9.86. The van der Waals surface area contributed by atoms with Crippen molar-refractivity contribution in [3.05, 3.63) is 106 Å². The molecule has 0 aliphatic carbocycles. The number of benzene rings is 3. The Hall–Kier alpha value is -2.87. The first-order valence-corrected chi connectivity index (χ1v) is 10.4. The first kappa shape index (κ1) is 19.4. The average molecular weight is 384 g/mol. The molecule has 2 heteroatoms. The molecule has 1 amide bonds. The molecule has 0 saturated heterocycles. The van der Waals surface area contributed by atoms with Gasteiger partial charge >= 0.3 is 0 Å². The normalized spacial score (nSPS) is 16.4. The first-order valence-electron chi connectivity index (χ1n) is 10.4. The van der Waals surface area contributed by atoms with Crippen molar-refractivity contribution < 1.29 is 4.79 Å². The maximum atomic E-state index is 13.5. The van der Waals surface area contributed by atoms with Crippen LogP contribution in [0.5, 0.6) is 0 Å². The van der Waals surface area contributed by atoms with Crippen molar-refractivity contribution in [2.45, 2.75) is 45.6 Å². The Labute approximate surface area is 174 Å². The van der Waals surface area contributed by atoms with Gasteiger partial charge in [0, 0.05) is 12.1 Å². The van der Waals surface area contributed by atoms with Crippen LogP contribution >= 0.6 is 0 Å². The van der Waals surface area contributed by atoms with Crippen molar-refractivity contribution in [2.24, 2.45) is 0 Å². The summed E-state index contributed by atoms with van der Waals surface area (Å²) in [7, 11) is 0. The van der Waals surface area contributed by atoms with Gasteiger partial charge in [-0.1, -0.05) is 87.0 Å². The molecular formula is C27H29NO. The topological polar surface area (TPSA) is 20.3 Å². The van der Waals surface area contributed by atoms with Crippen molar-refractivity contribution in [3.63, 3.8) is 0 Å². The highest BCUT2D eigenvalue weighted by Gasteiger charge is 2.32. The molecular weight excluding hydrogens is 354 g/mol. The van der Waals surface area contributed by atoms with Crippen LogP contribution in [0.15, 0.2) is 72.8 Å². The summed E-state index contributed by atoms with van der Waals surface area (Å²) in [6, 6.07) is 25.2. The van der Waals surface area contributed by atoms with E-state index in [2.05, 4.69) is 88.4 Å². The number of nitrogens with zero attached hydrogens (tertiary/aromatic N) is 1. The molecule has 1 atom stereocenters. The number of rotatable bonds is 2. The van der Waals surface area contributed by atoms with Gasteiger partial charge in [-0.05, 0) is 53.1 Å². The zero-order valence-corrected chi connectivity index (χ0v) is 17.8. The van der Waals surface area contributed by atoms with Crippen molar-refractivity contribution >= 4 is 5.91 Å². The fourth-order valence-electron chi connectivity index (χ4n) is 4.17. The van der Waals surface area contributed by atoms with Crippen LogP contribution in [-0.4, -0.2) is 17.4 Å². The molecule has 0 unspecified atom stereocenters. The number of fused-ring (bicyclic) bond motifs is 1. The van der Waals surface area contributed by atoms with E-state index in [0.717, 1.165) is 18.5 Å². The van der Waals surface area contributed by atoms with Gasteiger partial charge in [-0.25, -0.2) is 0 Å². The minimum Gasteiger partial charge on any atom is -0.327 e. The van der Waals surface area contributed by atoms with Crippen LogP contribution in [0.3, 0.4) is 0 Å². The number of hydrogen-bond donors (Lipinski definition) is 0. The Morgan fingerprint density at radius 1 is 0.897 bits per heavy atom. The molecule has 0 fully saturated rings. The lowest BCUT2D eigenvalue weighted by Gasteiger charge is -2.38. The van der Waals surface area contributed by atoms with Gasteiger partial charge in [0.2, 0.25) is 0 Å². The van der Waals surface area contributed by atoms with Crippen molar-refractivity contribution in [1.82, 2.24) is 4.90 Å². The van der Waals surface area contributed by atoms with Crippen LogP contribution in [-0.2, 0) is 11.8 Å². The van der Waals surface area contributed by atoms with Crippen LogP contribution in [0.25, 0.3) is 0 Å². The van der Waals surface area contributed by atoms with Crippen LogP contribution in [0.2, 0.25) is 0 Å². The van der Waals surface area contributed by atoms with Gasteiger partial charge in [0.05, 0.1) is 6.04 Å². The van der Waals surface area contributed by atoms with Gasteiger partial charge in [0.25, 0.3) is 5.91 Å². The molecule has 0 saturated carbocycles. The quantitative estimate of drug-likeness (QED) is 0.525. The Kier molecular flexibility index (Phi) is 5.04. The maximum Gasteiger partial charge on any atom is 0.254 e. The Bertz CT molecular complexity index is 1010. The monoisotopic (exact) mass is 383 g/mol. The SMILES string of the molecule is Cc1ccc([C@@H]2c3ccccc3CCN2C(=O)c2ccc(C(C)(C)C)cc2)cc1. The molecule has 148 valence electrons. The number of carbonyl (C=O) groups excluding carboxylic acids is 1. The molecule has 0 N–H and O–H groups in total. The van der Waals surface area contributed by atoms with Crippen LogP contribution < -0.4 is 0 Å². The molecule has 29 heavy (non-hydrogen) atoms. The highest BCUT2D eigenvalue weighted by Crippen LogP contribution is 2.36. The van der Waals surface area contributed by atoms with E-state index in [4.69, 9.17) is 0 Å². The smallest absolute Gasteiger partial charge is 0.254 e. The lowest BCUT2D eigenvalue weighted by molar-refractivity contribution is 0.0694. The van der Waals surface area contributed by atoms with Gasteiger partial charge in [-0.3, -0.25) is 4.79 Å². The predicted molar refractivity (Wildman–Crippen MR) is 119 cm³/mol. The second-order valence-electron chi connectivity index (χ2n) is 9.09. The van der Waals surface area contributed by atoms with Crippen LogP contribution in [0.4, 0.5) is 0 Å². The molecule has 0 radical (unpaired) electrons. The number of hydrogen-bond acceptors (Lipinski definition) is 1. The van der Waals surface area contributed by atoms with Crippen LogP contribution in [0.1, 0.15) is 65.0 Å². The summed E-state index contributed by atoms with van der Waals surface area (Å²) in [5, 5.41) is 0. The summed E-state index contributed by atoms with van der Waals surface area (Å²) in [5.41, 5.74) is 7.06. The fourth-order valence-corrected chi connectivity index (χ4v) is 4.17. The molecule has 0 spiro atoms. The minimum atomic E-state index is -0.0460. The fraction of sp³-hybridized carbons (Fsp3) is 0.296. The van der Waals surface area contributed by atoms with Crippen molar-refractivity contribution in [3.8, 4) is 0 Å². The third kappa shape index (κ3) is 3.85. The summed E-state index contributed by atoms with van der Waals surface area (Å²) < 4.78 is 0.